The highest BCUT2D eigenvalue weighted by atomic mass is 79.9. The number of aromatic nitrogens is 2. The van der Waals surface area contributed by atoms with E-state index in [2.05, 4.69) is 21.0 Å². The van der Waals surface area contributed by atoms with Gasteiger partial charge in [-0.1, -0.05) is 6.07 Å². The molecule has 2 aromatic heterocycles. The lowest BCUT2D eigenvalue weighted by Gasteiger charge is -2.03. The van der Waals surface area contributed by atoms with Crippen LogP contribution in [-0.2, 0) is 0 Å². The number of carbonyl (C=O) groups excluding carboxylic acids is 1. The van der Waals surface area contributed by atoms with E-state index in [0.717, 1.165) is 27.1 Å². The predicted molar refractivity (Wildman–Crippen MR) is 86.5 cm³/mol. The van der Waals surface area contributed by atoms with Crippen LogP contribution in [0.25, 0.3) is 16.3 Å². The monoisotopic (exact) mass is 362 g/mol. The molecule has 106 valence electrons. The molecular formula is C15H11BrN2O2S. The van der Waals surface area contributed by atoms with Crippen molar-refractivity contribution in [2.75, 3.05) is 7.11 Å². The molecule has 21 heavy (non-hydrogen) atoms. The lowest BCUT2D eigenvalue weighted by atomic mass is 10.2. The van der Waals surface area contributed by atoms with Crippen LogP contribution in [-0.4, -0.2) is 23.2 Å². The maximum atomic E-state index is 11.3. The van der Waals surface area contributed by atoms with Crippen LogP contribution >= 0.6 is 27.3 Å². The van der Waals surface area contributed by atoms with Gasteiger partial charge in [-0.05, 0) is 34.1 Å². The average molecular weight is 363 g/mol. The molecule has 3 rings (SSSR count). The van der Waals surface area contributed by atoms with Gasteiger partial charge in [0.2, 0.25) is 0 Å². The minimum Gasteiger partial charge on any atom is -0.497 e. The zero-order chi connectivity index (χ0) is 14.8. The van der Waals surface area contributed by atoms with Gasteiger partial charge < -0.3 is 4.74 Å². The first-order valence-corrected chi connectivity index (χ1v) is 7.82. The Morgan fingerprint density at radius 1 is 1.38 bits per heavy atom. The van der Waals surface area contributed by atoms with Gasteiger partial charge in [-0.3, -0.25) is 4.79 Å². The van der Waals surface area contributed by atoms with Crippen LogP contribution < -0.4 is 4.74 Å². The fraction of sp³-hybridized carbons (Fsp3) is 0.0667. The van der Waals surface area contributed by atoms with Gasteiger partial charge in [0.15, 0.2) is 6.29 Å². The molecule has 0 spiro atoms. The summed E-state index contributed by atoms with van der Waals surface area (Å²) in [6.07, 6.45) is 2.55. The van der Waals surface area contributed by atoms with Crippen molar-refractivity contribution in [3.63, 3.8) is 0 Å². The highest BCUT2D eigenvalue weighted by molar-refractivity contribution is 9.10. The molecule has 0 bridgehead atoms. The van der Waals surface area contributed by atoms with Gasteiger partial charge in [-0.2, -0.15) is 5.10 Å². The molecule has 0 saturated carbocycles. The number of nitrogens with zero attached hydrogens (tertiary/aromatic N) is 2. The quantitative estimate of drug-likeness (QED) is 0.653. The molecule has 3 aromatic rings. The van der Waals surface area contributed by atoms with Gasteiger partial charge >= 0.3 is 0 Å². The number of hydrogen-bond acceptors (Lipinski definition) is 4. The van der Waals surface area contributed by atoms with Crippen molar-refractivity contribution in [2.45, 2.75) is 0 Å². The predicted octanol–water partition coefficient (Wildman–Crippen LogP) is 4.18. The van der Waals surface area contributed by atoms with Gasteiger partial charge in [0.1, 0.15) is 11.4 Å². The minimum absolute atomic E-state index is 0.562. The summed E-state index contributed by atoms with van der Waals surface area (Å²) in [5.41, 5.74) is 2.09. The third-order valence-electron chi connectivity index (χ3n) is 2.99. The van der Waals surface area contributed by atoms with Crippen LogP contribution in [0, 0.1) is 0 Å². The Morgan fingerprint density at radius 3 is 2.90 bits per heavy atom. The Balaban J connectivity index is 2.08. The first-order valence-electron chi connectivity index (χ1n) is 6.15. The van der Waals surface area contributed by atoms with Crippen molar-refractivity contribution in [3.05, 3.63) is 51.9 Å². The number of aldehydes is 1. The van der Waals surface area contributed by atoms with E-state index in [1.807, 2.05) is 35.7 Å². The molecule has 0 atom stereocenters. The van der Waals surface area contributed by atoms with Gasteiger partial charge in [0.05, 0.1) is 23.2 Å². The van der Waals surface area contributed by atoms with E-state index in [0.29, 0.717) is 11.3 Å². The third-order valence-corrected chi connectivity index (χ3v) is 4.69. The Bertz CT molecular complexity index is 795. The average Bonchev–Trinajstić information content (AvgIpc) is 3.13. The van der Waals surface area contributed by atoms with E-state index >= 15 is 0 Å². The second kappa shape index (κ2) is 5.83. The first-order chi connectivity index (χ1) is 10.2. The van der Waals surface area contributed by atoms with Crippen molar-refractivity contribution >= 4 is 33.6 Å². The number of rotatable bonds is 4. The molecule has 0 radical (unpaired) electrons. The maximum absolute atomic E-state index is 11.3. The van der Waals surface area contributed by atoms with Crippen LogP contribution in [0.5, 0.6) is 5.75 Å². The lowest BCUT2D eigenvalue weighted by Crippen LogP contribution is -1.95. The molecule has 4 nitrogen and oxygen atoms in total. The highest BCUT2D eigenvalue weighted by Gasteiger charge is 2.13. The summed E-state index contributed by atoms with van der Waals surface area (Å²) in [7, 11) is 1.62. The molecule has 2 heterocycles. The number of thiophene rings is 1. The molecule has 0 aliphatic carbocycles. The van der Waals surface area contributed by atoms with Crippen LogP contribution in [0.1, 0.15) is 10.4 Å². The Kier molecular flexibility index (Phi) is 3.90. The maximum Gasteiger partial charge on any atom is 0.153 e. The second-order valence-corrected chi connectivity index (χ2v) is 6.15. The summed E-state index contributed by atoms with van der Waals surface area (Å²) in [6.45, 7) is 0. The summed E-state index contributed by atoms with van der Waals surface area (Å²) >= 11 is 4.96. The van der Waals surface area contributed by atoms with E-state index < -0.39 is 0 Å². The summed E-state index contributed by atoms with van der Waals surface area (Å²) < 4.78 is 7.88. The molecule has 0 aliphatic heterocycles. The summed E-state index contributed by atoms with van der Waals surface area (Å²) in [6, 6.07) is 9.49. The molecule has 0 amide bonds. The summed E-state index contributed by atoms with van der Waals surface area (Å²) in [5.74, 6) is 0.746. The fourth-order valence-electron chi connectivity index (χ4n) is 1.99. The largest absolute Gasteiger partial charge is 0.497 e. The number of ether oxygens (including phenoxy) is 1. The topological polar surface area (TPSA) is 44.1 Å². The van der Waals surface area contributed by atoms with Gasteiger partial charge in [-0.15, -0.1) is 11.3 Å². The van der Waals surface area contributed by atoms with Crippen LogP contribution in [0.2, 0.25) is 0 Å². The number of benzene rings is 1. The molecular weight excluding hydrogens is 352 g/mol. The van der Waals surface area contributed by atoms with Crippen molar-refractivity contribution in [2.24, 2.45) is 0 Å². The minimum atomic E-state index is 0.562. The van der Waals surface area contributed by atoms with Crippen molar-refractivity contribution < 1.29 is 9.53 Å². The highest BCUT2D eigenvalue weighted by Crippen LogP contribution is 2.31. The van der Waals surface area contributed by atoms with E-state index in [1.165, 1.54) is 0 Å². The van der Waals surface area contributed by atoms with E-state index in [4.69, 9.17) is 4.74 Å². The van der Waals surface area contributed by atoms with Crippen molar-refractivity contribution in [3.8, 4) is 22.0 Å². The zero-order valence-electron chi connectivity index (χ0n) is 11.1. The fourth-order valence-corrected chi connectivity index (χ4v) is 3.42. The molecule has 0 fully saturated rings. The smallest absolute Gasteiger partial charge is 0.153 e. The third kappa shape index (κ3) is 2.77. The first kappa shape index (κ1) is 14.0. The Morgan fingerprint density at radius 2 is 2.24 bits per heavy atom. The van der Waals surface area contributed by atoms with E-state index in [-0.39, 0.29) is 0 Å². The normalized spacial score (nSPS) is 10.6. The SMILES string of the molecule is COc1cccc(-n2cc(C=O)c(-c3cc(Br)cs3)n2)c1. The molecule has 0 unspecified atom stereocenters. The number of carbonyl (C=O) groups is 1. The van der Waals surface area contributed by atoms with Crippen LogP contribution in [0.4, 0.5) is 0 Å². The molecule has 0 N–H and O–H groups in total. The summed E-state index contributed by atoms with van der Waals surface area (Å²) in [4.78, 5) is 12.2. The van der Waals surface area contributed by atoms with Crippen LogP contribution in [0.15, 0.2) is 46.4 Å². The molecule has 6 heteroatoms. The number of methoxy groups -OCH3 is 1. The molecule has 0 aliphatic rings. The zero-order valence-corrected chi connectivity index (χ0v) is 13.5. The Hall–Kier alpha value is -1.92. The summed E-state index contributed by atoms with van der Waals surface area (Å²) in [5, 5.41) is 6.50. The lowest BCUT2D eigenvalue weighted by molar-refractivity contribution is 0.112. The van der Waals surface area contributed by atoms with Gasteiger partial charge in [0, 0.05) is 22.1 Å². The standard InChI is InChI=1S/C15H11BrN2O2S/c1-20-13-4-2-3-12(6-13)18-7-10(8-19)15(17-18)14-5-11(16)9-21-14/h2-9H,1H3. The second-order valence-electron chi connectivity index (χ2n) is 4.33. The molecule has 0 saturated heterocycles. The van der Waals surface area contributed by atoms with E-state index in [9.17, 15) is 4.79 Å². The van der Waals surface area contributed by atoms with E-state index in [1.54, 1.807) is 29.3 Å². The Labute approximate surface area is 134 Å². The van der Waals surface area contributed by atoms with Gasteiger partial charge in [-0.25, -0.2) is 4.68 Å². The van der Waals surface area contributed by atoms with Crippen molar-refractivity contribution in [1.29, 1.82) is 0 Å². The van der Waals surface area contributed by atoms with Crippen molar-refractivity contribution in [1.82, 2.24) is 9.78 Å². The van der Waals surface area contributed by atoms with Crippen LogP contribution in [0.3, 0.4) is 0 Å². The number of hydrogen-bond donors (Lipinski definition) is 0. The number of halogens is 1. The van der Waals surface area contributed by atoms with Gasteiger partial charge in [0.25, 0.3) is 0 Å². The molecule has 1 aromatic carbocycles.